The molecule has 0 aromatic heterocycles. The maximum Gasteiger partial charge on any atom is 0.246 e. The third-order valence-corrected chi connectivity index (χ3v) is 5.07. The molecule has 4 atom stereocenters. The molecule has 0 bridgehead atoms. The van der Waals surface area contributed by atoms with Gasteiger partial charge in [-0.25, -0.2) is 0 Å². The SMILES string of the molecule is CCCC1NC(=O)C(C(C)C)N(C2CCCCC2C)C1=O. The minimum atomic E-state index is -0.313. The number of nitrogens with zero attached hydrogens (tertiary/aromatic N) is 1. The fourth-order valence-electron chi connectivity index (χ4n) is 3.95. The molecule has 2 fully saturated rings. The molecule has 21 heavy (non-hydrogen) atoms. The molecule has 0 aromatic rings. The number of rotatable bonds is 4. The molecule has 1 heterocycles. The van der Waals surface area contributed by atoms with Gasteiger partial charge < -0.3 is 10.2 Å². The first-order valence-corrected chi connectivity index (χ1v) is 8.59. The van der Waals surface area contributed by atoms with E-state index in [-0.39, 0.29) is 35.9 Å². The third kappa shape index (κ3) is 3.24. The molecule has 0 spiro atoms. The van der Waals surface area contributed by atoms with E-state index >= 15 is 0 Å². The quantitative estimate of drug-likeness (QED) is 0.866. The maximum atomic E-state index is 12.9. The highest BCUT2D eigenvalue weighted by molar-refractivity contribution is 5.97. The van der Waals surface area contributed by atoms with E-state index in [9.17, 15) is 9.59 Å². The Kier molecular flexibility index (Phi) is 5.28. The Morgan fingerprint density at radius 2 is 1.90 bits per heavy atom. The molecule has 4 nitrogen and oxygen atoms in total. The molecule has 2 rings (SSSR count). The summed E-state index contributed by atoms with van der Waals surface area (Å²) < 4.78 is 0. The van der Waals surface area contributed by atoms with Crippen LogP contribution in [0.3, 0.4) is 0 Å². The lowest BCUT2D eigenvalue weighted by atomic mass is 9.82. The van der Waals surface area contributed by atoms with E-state index in [2.05, 4.69) is 19.2 Å². The van der Waals surface area contributed by atoms with Gasteiger partial charge in [-0.1, -0.05) is 47.0 Å². The zero-order valence-electron chi connectivity index (χ0n) is 13.9. The number of nitrogens with one attached hydrogen (secondary N) is 1. The van der Waals surface area contributed by atoms with E-state index in [0.29, 0.717) is 5.92 Å². The summed E-state index contributed by atoms with van der Waals surface area (Å²) in [6.07, 6.45) is 6.28. The van der Waals surface area contributed by atoms with Gasteiger partial charge in [-0.15, -0.1) is 0 Å². The van der Waals surface area contributed by atoms with Crippen molar-refractivity contribution >= 4 is 11.8 Å². The lowest BCUT2D eigenvalue weighted by Gasteiger charge is -2.48. The van der Waals surface area contributed by atoms with Gasteiger partial charge in [-0.3, -0.25) is 9.59 Å². The summed E-state index contributed by atoms with van der Waals surface area (Å²) in [5, 5.41) is 2.95. The molecule has 2 aliphatic rings. The summed E-state index contributed by atoms with van der Waals surface area (Å²) in [5.41, 5.74) is 0. The van der Waals surface area contributed by atoms with Gasteiger partial charge in [0.25, 0.3) is 0 Å². The lowest BCUT2D eigenvalue weighted by molar-refractivity contribution is -0.156. The zero-order chi connectivity index (χ0) is 15.6. The third-order valence-electron chi connectivity index (χ3n) is 5.07. The van der Waals surface area contributed by atoms with Gasteiger partial charge >= 0.3 is 0 Å². The van der Waals surface area contributed by atoms with Crippen LogP contribution < -0.4 is 5.32 Å². The predicted octanol–water partition coefficient (Wildman–Crippen LogP) is 2.72. The van der Waals surface area contributed by atoms with E-state index < -0.39 is 0 Å². The van der Waals surface area contributed by atoms with Crippen molar-refractivity contribution in [2.75, 3.05) is 0 Å². The van der Waals surface area contributed by atoms with Gasteiger partial charge in [0.05, 0.1) is 0 Å². The van der Waals surface area contributed by atoms with Crippen molar-refractivity contribution in [3.05, 3.63) is 0 Å². The Hall–Kier alpha value is -1.06. The number of hydrogen-bond acceptors (Lipinski definition) is 2. The van der Waals surface area contributed by atoms with Crippen molar-refractivity contribution in [3.63, 3.8) is 0 Å². The normalized spacial score (nSPS) is 34.2. The number of amides is 2. The van der Waals surface area contributed by atoms with Crippen molar-refractivity contribution in [1.82, 2.24) is 10.2 Å². The van der Waals surface area contributed by atoms with E-state index in [1.165, 1.54) is 19.3 Å². The van der Waals surface area contributed by atoms with Crippen LogP contribution in [0.25, 0.3) is 0 Å². The molecule has 1 saturated heterocycles. The summed E-state index contributed by atoms with van der Waals surface area (Å²) in [6, 6.07) is -0.369. The maximum absolute atomic E-state index is 12.9. The van der Waals surface area contributed by atoms with E-state index in [1.807, 2.05) is 18.7 Å². The van der Waals surface area contributed by atoms with Crippen LogP contribution in [0.1, 0.15) is 66.2 Å². The Morgan fingerprint density at radius 1 is 1.24 bits per heavy atom. The second-order valence-electron chi connectivity index (χ2n) is 7.11. The number of carbonyl (C=O) groups is 2. The van der Waals surface area contributed by atoms with Crippen molar-refractivity contribution in [3.8, 4) is 0 Å². The fraction of sp³-hybridized carbons (Fsp3) is 0.882. The van der Waals surface area contributed by atoms with Crippen LogP contribution in [-0.2, 0) is 9.59 Å². The zero-order valence-corrected chi connectivity index (χ0v) is 13.9. The van der Waals surface area contributed by atoms with Crippen LogP contribution in [0.15, 0.2) is 0 Å². The molecule has 4 heteroatoms. The van der Waals surface area contributed by atoms with Gasteiger partial charge in [0, 0.05) is 6.04 Å². The Labute approximate surface area is 128 Å². The highest BCUT2D eigenvalue weighted by Crippen LogP contribution is 2.33. The molecule has 0 radical (unpaired) electrons. The largest absolute Gasteiger partial charge is 0.342 e. The summed E-state index contributed by atoms with van der Waals surface area (Å²) in [4.78, 5) is 27.4. The first kappa shape index (κ1) is 16.3. The monoisotopic (exact) mass is 294 g/mol. The Balaban J connectivity index is 2.29. The average molecular weight is 294 g/mol. The van der Waals surface area contributed by atoms with E-state index in [1.54, 1.807) is 0 Å². The van der Waals surface area contributed by atoms with Gasteiger partial charge in [0.15, 0.2) is 0 Å². The summed E-state index contributed by atoms with van der Waals surface area (Å²) >= 11 is 0. The molecule has 1 saturated carbocycles. The molecule has 1 aliphatic carbocycles. The van der Waals surface area contributed by atoms with Crippen molar-refractivity contribution < 1.29 is 9.59 Å². The number of hydrogen-bond donors (Lipinski definition) is 1. The standard InChI is InChI=1S/C17H30N2O2/c1-5-8-13-17(21)19(14-10-7-6-9-12(14)4)15(11(2)3)16(20)18-13/h11-15H,5-10H2,1-4H3,(H,18,20). The molecule has 0 aromatic carbocycles. The minimum absolute atomic E-state index is 0.0424. The molecule has 120 valence electrons. The highest BCUT2D eigenvalue weighted by atomic mass is 16.2. The van der Waals surface area contributed by atoms with Crippen LogP contribution in [0.5, 0.6) is 0 Å². The van der Waals surface area contributed by atoms with Crippen LogP contribution in [0.2, 0.25) is 0 Å². The molecule has 2 amide bonds. The molecular formula is C17H30N2O2. The second-order valence-corrected chi connectivity index (χ2v) is 7.11. The minimum Gasteiger partial charge on any atom is -0.342 e. The van der Waals surface area contributed by atoms with E-state index in [0.717, 1.165) is 19.3 Å². The lowest BCUT2D eigenvalue weighted by Crippen LogP contribution is -2.68. The topological polar surface area (TPSA) is 49.4 Å². The van der Waals surface area contributed by atoms with Gasteiger partial charge in [0.2, 0.25) is 11.8 Å². The number of carbonyl (C=O) groups excluding carboxylic acids is 2. The molecule has 1 N–H and O–H groups in total. The summed E-state index contributed by atoms with van der Waals surface area (Å²) in [5.74, 6) is 0.845. The van der Waals surface area contributed by atoms with Crippen molar-refractivity contribution in [1.29, 1.82) is 0 Å². The van der Waals surface area contributed by atoms with Gasteiger partial charge in [0.1, 0.15) is 12.1 Å². The fourth-order valence-corrected chi connectivity index (χ4v) is 3.95. The predicted molar refractivity (Wildman–Crippen MR) is 83.7 cm³/mol. The first-order chi connectivity index (χ1) is 9.97. The molecular weight excluding hydrogens is 264 g/mol. The van der Waals surface area contributed by atoms with Crippen molar-refractivity contribution in [2.24, 2.45) is 11.8 Å². The summed E-state index contributed by atoms with van der Waals surface area (Å²) in [7, 11) is 0. The number of piperazine rings is 1. The Bertz CT molecular complexity index is 394. The summed E-state index contributed by atoms with van der Waals surface area (Å²) in [6.45, 7) is 8.37. The van der Waals surface area contributed by atoms with Gasteiger partial charge in [-0.2, -0.15) is 0 Å². The average Bonchev–Trinajstić information content (AvgIpc) is 2.43. The smallest absolute Gasteiger partial charge is 0.246 e. The Morgan fingerprint density at radius 3 is 2.48 bits per heavy atom. The molecule has 1 aliphatic heterocycles. The van der Waals surface area contributed by atoms with Crippen molar-refractivity contribution in [2.45, 2.75) is 84.3 Å². The van der Waals surface area contributed by atoms with Crippen LogP contribution in [0.4, 0.5) is 0 Å². The van der Waals surface area contributed by atoms with Gasteiger partial charge in [-0.05, 0) is 31.1 Å². The van der Waals surface area contributed by atoms with Crippen LogP contribution in [0, 0.1) is 11.8 Å². The van der Waals surface area contributed by atoms with Crippen LogP contribution >= 0.6 is 0 Å². The molecule has 4 unspecified atom stereocenters. The first-order valence-electron chi connectivity index (χ1n) is 8.59. The van der Waals surface area contributed by atoms with Crippen LogP contribution in [-0.4, -0.2) is 34.8 Å². The van der Waals surface area contributed by atoms with E-state index in [4.69, 9.17) is 0 Å². The highest BCUT2D eigenvalue weighted by Gasteiger charge is 2.46. The second kappa shape index (κ2) is 6.80.